The van der Waals surface area contributed by atoms with Gasteiger partial charge in [0.05, 0.1) is 10.6 Å². The van der Waals surface area contributed by atoms with Crippen LogP contribution in [-0.2, 0) is 22.6 Å². The van der Waals surface area contributed by atoms with Gasteiger partial charge in [-0.2, -0.15) is 0 Å². The van der Waals surface area contributed by atoms with Crippen molar-refractivity contribution < 1.29 is 11.2 Å². The van der Waals surface area contributed by atoms with Gasteiger partial charge in [0.25, 0.3) is 0 Å². The Morgan fingerprint density at radius 1 is 1.22 bits per heavy atom. The predicted octanol–water partition coefficient (Wildman–Crippen LogP) is 3.82. The lowest BCUT2D eigenvalue weighted by molar-refractivity contribution is 0.310. The second-order valence-electron chi connectivity index (χ2n) is 7.25. The summed E-state index contributed by atoms with van der Waals surface area (Å²) in [5.74, 6) is 0.0283. The normalized spacial score (nSPS) is 20.0. The summed E-state index contributed by atoms with van der Waals surface area (Å²) in [7, 11) is -1.37. The van der Waals surface area contributed by atoms with Crippen molar-refractivity contribution in [1.29, 1.82) is 0 Å². The minimum absolute atomic E-state index is 0.0283. The van der Waals surface area contributed by atoms with Crippen molar-refractivity contribution in [2.45, 2.75) is 36.6 Å². The number of likely N-dealkylation sites (N-methyl/N-ethyl adjacent to an activating group) is 1. The number of fused-ring (bicyclic) bond motifs is 1. The highest BCUT2D eigenvalue weighted by molar-refractivity contribution is 7.91. The highest BCUT2D eigenvalue weighted by Crippen LogP contribution is 2.26. The zero-order valence-electron chi connectivity index (χ0n) is 17.5. The summed E-state index contributed by atoms with van der Waals surface area (Å²) in [6.45, 7) is 0.912. The van der Waals surface area contributed by atoms with Crippen LogP contribution in [0.25, 0.3) is 10.9 Å². The molecule has 5 heteroatoms. The van der Waals surface area contributed by atoms with Gasteiger partial charge in [-0.25, -0.2) is 8.42 Å². The monoisotopic (exact) mass is 384 g/mol. The van der Waals surface area contributed by atoms with Gasteiger partial charge in [0.15, 0.2) is 9.84 Å². The molecule has 0 bridgehead atoms. The summed E-state index contributed by atoms with van der Waals surface area (Å²) >= 11 is 0. The van der Waals surface area contributed by atoms with E-state index in [1.807, 2.05) is 25.2 Å². The molecule has 1 saturated heterocycles. The molecule has 0 unspecified atom stereocenters. The van der Waals surface area contributed by atoms with E-state index in [1.54, 1.807) is 36.5 Å². The number of aromatic nitrogens is 1. The zero-order chi connectivity index (χ0) is 20.6. The van der Waals surface area contributed by atoms with Crippen LogP contribution < -0.4 is 0 Å². The van der Waals surface area contributed by atoms with Crippen molar-refractivity contribution in [2.24, 2.45) is 0 Å². The molecule has 2 heterocycles. The summed E-state index contributed by atoms with van der Waals surface area (Å²) in [6, 6.07) is 14.1. The Kier molecular flexibility index (Phi) is 4.41. The maximum Gasteiger partial charge on any atom is 0.178 e. The molecule has 0 aliphatic carbocycles. The lowest BCUT2D eigenvalue weighted by Gasteiger charge is -2.18. The number of aromatic amines is 1. The first-order chi connectivity index (χ1) is 13.8. The molecule has 1 aliphatic heterocycles. The van der Waals surface area contributed by atoms with Gasteiger partial charge in [-0.3, -0.25) is 0 Å². The molecule has 4 rings (SSSR count). The number of sulfone groups is 1. The summed E-state index contributed by atoms with van der Waals surface area (Å²) in [5.41, 5.74) is 2.42. The molecular formula is C22H26N2O2S. The molecule has 1 fully saturated rings. The van der Waals surface area contributed by atoms with Gasteiger partial charge in [0.1, 0.15) is 0 Å². The number of likely N-dealkylation sites (tertiary alicyclic amines) is 1. The van der Waals surface area contributed by atoms with Crippen molar-refractivity contribution in [3.8, 4) is 0 Å². The molecule has 142 valence electrons. The Bertz CT molecular complexity index is 1110. The highest BCUT2D eigenvalue weighted by atomic mass is 32.2. The number of hydrogen-bond donors (Lipinski definition) is 1. The van der Waals surface area contributed by atoms with Gasteiger partial charge in [-0.1, -0.05) is 24.3 Å². The molecule has 2 aromatic carbocycles. The molecule has 4 nitrogen and oxygen atoms in total. The molecule has 1 aliphatic rings. The molecule has 0 amide bonds. The van der Waals surface area contributed by atoms with Crippen molar-refractivity contribution in [3.05, 3.63) is 65.9 Å². The summed E-state index contributed by atoms with van der Waals surface area (Å²) in [6.07, 6.45) is 2.53. The lowest BCUT2D eigenvalue weighted by atomic mass is 10.0. The predicted molar refractivity (Wildman–Crippen MR) is 110 cm³/mol. The van der Waals surface area contributed by atoms with E-state index in [-0.39, 0.29) is 11.8 Å². The van der Waals surface area contributed by atoms with Crippen molar-refractivity contribution in [1.82, 2.24) is 9.88 Å². The van der Waals surface area contributed by atoms with Crippen LogP contribution in [-0.4, -0.2) is 43.7 Å². The van der Waals surface area contributed by atoms with Gasteiger partial charge in [-0.15, -0.1) is 0 Å². The molecule has 1 N–H and O–H groups in total. The van der Waals surface area contributed by atoms with Gasteiger partial charge in [-0.05, 0) is 74.6 Å². The van der Waals surface area contributed by atoms with Crippen LogP contribution in [0.3, 0.4) is 0 Å². The first kappa shape index (κ1) is 15.9. The number of H-pyrrole nitrogens is 1. The van der Waals surface area contributed by atoms with Gasteiger partial charge < -0.3 is 9.88 Å². The van der Waals surface area contributed by atoms with Gasteiger partial charge >= 0.3 is 0 Å². The molecule has 1 atom stereocenters. The number of hydrogen-bond acceptors (Lipinski definition) is 3. The Balaban J connectivity index is 1.60. The Labute approximate surface area is 163 Å². The fourth-order valence-corrected chi connectivity index (χ4v) is 5.02. The lowest BCUT2D eigenvalue weighted by Crippen LogP contribution is -2.26. The van der Waals surface area contributed by atoms with Crippen LogP contribution in [0.2, 0.25) is 0 Å². The minimum atomic E-state index is -3.35. The van der Waals surface area contributed by atoms with Gasteiger partial charge in [0.2, 0.25) is 0 Å². The largest absolute Gasteiger partial charge is 0.361 e. The van der Waals surface area contributed by atoms with Crippen molar-refractivity contribution >= 4 is 20.7 Å². The van der Waals surface area contributed by atoms with Gasteiger partial charge in [0, 0.05) is 25.9 Å². The van der Waals surface area contributed by atoms with Crippen LogP contribution in [0.1, 0.15) is 26.7 Å². The Morgan fingerprint density at radius 3 is 2.78 bits per heavy atom. The summed E-state index contributed by atoms with van der Waals surface area (Å²) in [4.78, 5) is 5.61. The third-order valence-corrected chi connectivity index (χ3v) is 7.08. The Hall–Kier alpha value is -2.11. The van der Waals surface area contributed by atoms with E-state index in [9.17, 15) is 8.42 Å². The number of nitrogens with one attached hydrogen (secondary N) is 1. The van der Waals surface area contributed by atoms with E-state index >= 15 is 0 Å². The van der Waals surface area contributed by atoms with Crippen LogP contribution in [0.5, 0.6) is 0 Å². The second kappa shape index (κ2) is 7.49. The average Bonchev–Trinajstić information content (AvgIpc) is 3.33. The smallest absolute Gasteiger partial charge is 0.178 e. The minimum Gasteiger partial charge on any atom is -0.361 e. The van der Waals surface area contributed by atoms with Crippen LogP contribution >= 0.6 is 0 Å². The van der Waals surface area contributed by atoms with E-state index in [0.717, 1.165) is 35.9 Å². The molecular weight excluding hydrogens is 356 g/mol. The first-order valence-electron chi connectivity index (χ1n) is 10.4. The van der Waals surface area contributed by atoms with E-state index in [0.29, 0.717) is 16.9 Å². The summed E-state index contributed by atoms with van der Waals surface area (Å²) in [5, 5.41) is 0.838. The zero-order valence-corrected chi connectivity index (χ0v) is 16.3. The van der Waals surface area contributed by atoms with E-state index in [1.165, 1.54) is 0 Å². The molecule has 27 heavy (non-hydrogen) atoms. The number of rotatable bonds is 6. The third kappa shape index (κ3) is 3.94. The molecule has 3 aromatic rings. The molecule has 0 radical (unpaired) electrons. The van der Waals surface area contributed by atoms with Crippen molar-refractivity contribution in [3.63, 3.8) is 0 Å². The third-order valence-electron chi connectivity index (χ3n) is 5.35. The fourth-order valence-electron chi connectivity index (χ4n) is 3.71. The van der Waals surface area contributed by atoms with E-state index in [2.05, 4.69) is 9.88 Å². The SMILES string of the molecule is [2H]C([2H])(c1c[nH]c2ccc(CCS(=O)(=O)c3ccccc3)cc12)[C@H]1CCCN1C. The van der Waals surface area contributed by atoms with Crippen molar-refractivity contribution in [2.75, 3.05) is 19.3 Å². The first-order valence-corrected chi connectivity index (χ1v) is 11.0. The number of nitrogens with zero attached hydrogens (tertiary/aromatic N) is 1. The van der Waals surface area contributed by atoms with Crippen LogP contribution in [0, 0.1) is 0 Å². The maximum atomic E-state index is 12.6. The second-order valence-corrected chi connectivity index (χ2v) is 9.36. The molecule has 1 aromatic heterocycles. The Morgan fingerprint density at radius 2 is 2.04 bits per heavy atom. The standard InChI is InChI=1S/C22H26N2O2S/c1-24-12-5-6-19(24)15-18-16-23-22-10-9-17(14-21(18)22)11-13-27(25,26)20-7-3-2-4-8-20/h2-4,7-10,14,16,19,23H,5-6,11-13,15H2,1H3/t19-/m1/s1/i15D2. The van der Waals surface area contributed by atoms with Crippen LogP contribution in [0.15, 0.2) is 59.6 Å². The summed E-state index contributed by atoms with van der Waals surface area (Å²) < 4.78 is 42.7. The molecule has 0 spiro atoms. The van der Waals surface area contributed by atoms with E-state index < -0.39 is 16.2 Å². The number of benzene rings is 2. The topological polar surface area (TPSA) is 53.2 Å². The van der Waals surface area contributed by atoms with Crippen LogP contribution in [0.4, 0.5) is 0 Å². The fraction of sp³-hybridized carbons (Fsp3) is 0.364. The average molecular weight is 385 g/mol. The molecule has 0 saturated carbocycles. The quantitative estimate of drug-likeness (QED) is 0.703. The number of aryl methyl sites for hydroxylation is 1. The maximum absolute atomic E-state index is 12.6. The highest BCUT2D eigenvalue weighted by Gasteiger charge is 2.22. The van der Waals surface area contributed by atoms with E-state index in [4.69, 9.17) is 2.74 Å².